The molecule has 6 N–H and O–H groups in total. The van der Waals surface area contributed by atoms with E-state index < -0.39 is 18.1 Å². The van der Waals surface area contributed by atoms with Crippen molar-refractivity contribution < 1.29 is 18.0 Å². The van der Waals surface area contributed by atoms with Gasteiger partial charge in [-0.15, -0.1) is 0 Å². The van der Waals surface area contributed by atoms with Gasteiger partial charge in [0.15, 0.2) is 11.5 Å². The van der Waals surface area contributed by atoms with Gasteiger partial charge in [-0.25, -0.2) is 9.97 Å². The summed E-state index contributed by atoms with van der Waals surface area (Å²) >= 11 is 0. The molecule has 8 nitrogen and oxygen atoms in total. The number of rotatable bonds is 5. The van der Waals surface area contributed by atoms with Crippen LogP contribution in [-0.2, 0) is 0 Å². The molecule has 0 unspecified atom stereocenters. The number of halogens is 3. The minimum Gasteiger partial charge on any atom is -0.395 e. The van der Waals surface area contributed by atoms with Crippen molar-refractivity contribution in [2.24, 2.45) is 5.73 Å². The van der Waals surface area contributed by atoms with E-state index >= 15 is 0 Å². The highest BCUT2D eigenvalue weighted by atomic mass is 19.4. The van der Waals surface area contributed by atoms with E-state index in [4.69, 9.17) is 11.5 Å². The van der Waals surface area contributed by atoms with Crippen molar-refractivity contribution in [1.29, 1.82) is 0 Å². The summed E-state index contributed by atoms with van der Waals surface area (Å²) in [5.74, 6) is -0.881. The maximum atomic E-state index is 13.2. The Morgan fingerprint density at radius 2 is 1.88 bits per heavy atom. The normalized spacial score (nSPS) is 12.6. The first-order chi connectivity index (χ1) is 15.6. The highest BCUT2D eigenvalue weighted by molar-refractivity contribution is 6.04. The number of aromatic nitrogens is 4. The van der Waals surface area contributed by atoms with Crippen LogP contribution in [0.3, 0.4) is 0 Å². The van der Waals surface area contributed by atoms with Crippen molar-refractivity contribution in [3.8, 4) is 22.6 Å². The van der Waals surface area contributed by atoms with Crippen molar-refractivity contribution in [1.82, 2.24) is 20.2 Å². The average molecular weight is 455 g/mol. The number of amides is 1. The summed E-state index contributed by atoms with van der Waals surface area (Å²) in [6, 6.07) is 8.08. The lowest BCUT2D eigenvalue weighted by molar-refractivity contribution is -0.138. The molecule has 2 aromatic carbocycles. The largest absolute Gasteiger partial charge is 0.408 e. The molecule has 1 amide bonds. The highest BCUT2D eigenvalue weighted by Gasteiger charge is 2.36. The number of hydrogen-bond acceptors (Lipinski definition) is 6. The van der Waals surface area contributed by atoms with Crippen molar-refractivity contribution in [3.05, 3.63) is 53.9 Å². The standard InChI is InChI=1S/C22H20F3N7O/c1-10-7-8-15-13(9-28-32-15)16(10)18-17(26)19(20(27)33)31-21(30-18)12-5-3-4-6-14(12)29-11(2)22(23,24)25/h3-9,11,29H,26H2,1-2H3,(H2,27,33)(H,28,32)/t11-/m1/s1. The Balaban J connectivity index is 1.96. The van der Waals surface area contributed by atoms with Crippen LogP contribution < -0.4 is 16.8 Å². The molecule has 11 heteroatoms. The molecule has 2 heterocycles. The number of nitrogens with one attached hydrogen (secondary N) is 2. The Hall–Kier alpha value is -4.15. The zero-order chi connectivity index (χ0) is 23.9. The van der Waals surface area contributed by atoms with Crippen LogP contribution in [0.4, 0.5) is 24.5 Å². The molecule has 170 valence electrons. The van der Waals surface area contributed by atoms with E-state index in [-0.39, 0.29) is 34.2 Å². The fourth-order valence-electron chi connectivity index (χ4n) is 3.53. The van der Waals surface area contributed by atoms with Crippen LogP contribution in [0.25, 0.3) is 33.5 Å². The first-order valence-electron chi connectivity index (χ1n) is 9.91. The predicted octanol–water partition coefficient (Wildman–Crippen LogP) is 4.04. The zero-order valence-corrected chi connectivity index (χ0v) is 17.7. The van der Waals surface area contributed by atoms with Gasteiger partial charge in [0.2, 0.25) is 0 Å². The lowest BCUT2D eigenvalue weighted by Gasteiger charge is -2.20. The van der Waals surface area contributed by atoms with Crippen LogP contribution in [0.15, 0.2) is 42.6 Å². The number of alkyl halides is 3. The average Bonchev–Trinajstić information content (AvgIpc) is 3.22. The Morgan fingerprint density at radius 3 is 2.58 bits per heavy atom. The highest BCUT2D eigenvalue weighted by Crippen LogP contribution is 2.37. The summed E-state index contributed by atoms with van der Waals surface area (Å²) in [5, 5.41) is 10.1. The number of para-hydroxylation sites is 1. The van der Waals surface area contributed by atoms with Crippen LogP contribution in [0.1, 0.15) is 23.0 Å². The number of anilines is 2. The minimum atomic E-state index is -4.47. The van der Waals surface area contributed by atoms with Gasteiger partial charge in [-0.2, -0.15) is 18.3 Å². The van der Waals surface area contributed by atoms with Crippen LogP contribution in [0.2, 0.25) is 0 Å². The molecule has 0 aliphatic heterocycles. The van der Waals surface area contributed by atoms with E-state index in [2.05, 4.69) is 25.5 Å². The van der Waals surface area contributed by atoms with E-state index in [9.17, 15) is 18.0 Å². The number of nitrogens with zero attached hydrogens (tertiary/aromatic N) is 3. The molecule has 0 aliphatic carbocycles. The smallest absolute Gasteiger partial charge is 0.395 e. The van der Waals surface area contributed by atoms with E-state index in [1.165, 1.54) is 6.07 Å². The first-order valence-corrected chi connectivity index (χ1v) is 9.91. The van der Waals surface area contributed by atoms with Crippen LogP contribution in [0, 0.1) is 6.92 Å². The summed E-state index contributed by atoms with van der Waals surface area (Å²) in [4.78, 5) is 20.9. The third-order valence-corrected chi connectivity index (χ3v) is 5.28. The molecule has 0 spiro atoms. The van der Waals surface area contributed by atoms with Gasteiger partial charge < -0.3 is 16.8 Å². The van der Waals surface area contributed by atoms with Crippen molar-refractivity contribution in [2.45, 2.75) is 26.1 Å². The van der Waals surface area contributed by atoms with Gasteiger partial charge >= 0.3 is 6.18 Å². The molecule has 0 fully saturated rings. The molecule has 0 saturated carbocycles. The Morgan fingerprint density at radius 1 is 1.15 bits per heavy atom. The number of aromatic amines is 1. The second-order valence-corrected chi connectivity index (χ2v) is 7.56. The van der Waals surface area contributed by atoms with Gasteiger partial charge in [-0.05, 0) is 37.6 Å². The zero-order valence-electron chi connectivity index (χ0n) is 17.7. The second kappa shape index (κ2) is 8.08. The molecule has 0 saturated heterocycles. The Labute approximate surface area is 186 Å². The van der Waals surface area contributed by atoms with E-state index in [1.54, 1.807) is 24.4 Å². The monoisotopic (exact) mass is 455 g/mol. The van der Waals surface area contributed by atoms with Gasteiger partial charge in [-0.1, -0.05) is 18.2 Å². The molecule has 0 bridgehead atoms. The summed E-state index contributed by atoms with van der Waals surface area (Å²) in [7, 11) is 0. The van der Waals surface area contributed by atoms with Gasteiger partial charge in [0, 0.05) is 22.2 Å². The van der Waals surface area contributed by atoms with Crippen molar-refractivity contribution >= 4 is 28.2 Å². The summed E-state index contributed by atoms with van der Waals surface area (Å²) < 4.78 is 39.5. The third kappa shape index (κ3) is 4.04. The van der Waals surface area contributed by atoms with Gasteiger partial charge in [0.05, 0.1) is 23.1 Å². The van der Waals surface area contributed by atoms with Gasteiger partial charge in [0.25, 0.3) is 5.91 Å². The molecule has 0 aliphatic rings. The number of fused-ring (bicyclic) bond motifs is 1. The summed E-state index contributed by atoms with van der Waals surface area (Å²) in [5.41, 5.74) is 14.3. The maximum absolute atomic E-state index is 13.2. The fraction of sp³-hybridized carbons (Fsp3) is 0.182. The van der Waals surface area contributed by atoms with Crippen LogP contribution in [0.5, 0.6) is 0 Å². The van der Waals surface area contributed by atoms with Gasteiger partial charge in [0.1, 0.15) is 6.04 Å². The number of carbonyl (C=O) groups is 1. The van der Waals surface area contributed by atoms with Gasteiger partial charge in [-0.3, -0.25) is 9.89 Å². The molecule has 2 aromatic heterocycles. The minimum absolute atomic E-state index is 0.00497. The quantitative estimate of drug-likeness (QED) is 0.359. The number of nitrogens with two attached hydrogens (primary N) is 2. The summed E-state index contributed by atoms with van der Waals surface area (Å²) in [6.07, 6.45) is -2.87. The van der Waals surface area contributed by atoms with Crippen molar-refractivity contribution in [2.75, 3.05) is 11.1 Å². The predicted molar refractivity (Wildman–Crippen MR) is 119 cm³/mol. The van der Waals surface area contributed by atoms with Crippen molar-refractivity contribution in [3.63, 3.8) is 0 Å². The summed E-state index contributed by atoms with van der Waals surface area (Å²) in [6.45, 7) is 2.84. The Kier molecular flexibility index (Phi) is 5.40. The molecule has 1 atom stereocenters. The number of H-pyrrole nitrogens is 1. The molecule has 4 aromatic rings. The molecule has 4 rings (SSSR count). The number of nitrogen functional groups attached to an aromatic ring is 1. The maximum Gasteiger partial charge on any atom is 0.408 e. The Bertz CT molecular complexity index is 1360. The number of carbonyl (C=O) groups excluding carboxylic acids is 1. The number of aryl methyl sites for hydroxylation is 1. The topological polar surface area (TPSA) is 136 Å². The SMILES string of the molecule is Cc1ccc2[nH]ncc2c1-c1nc(-c2ccccc2N[C@H](C)C(F)(F)F)nc(C(N)=O)c1N. The van der Waals surface area contributed by atoms with Crippen LogP contribution >= 0.6 is 0 Å². The van der Waals surface area contributed by atoms with E-state index in [0.29, 0.717) is 10.9 Å². The van der Waals surface area contributed by atoms with E-state index in [1.807, 2.05) is 19.1 Å². The lowest BCUT2D eigenvalue weighted by atomic mass is 9.99. The first kappa shape index (κ1) is 22.1. The number of benzene rings is 2. The molecule has 33 heavy (non-hydrogen) atoms. The number of hydrogen-bond donors (Lipinski definition) is 4. The lowest BCUT2D eigenvalue weighted by Crippen LogP contribution is -2.33. The molecular weight excluding hydrogens is 435 g/mol. The second-order valence-electron chi connectivity index (χ2n) is 7.56. The molecule has 0 radical (unpaired) electrons. The van der Waals surface area contributed by atoms with E-state index in [0.717, 1.165) is 18.0 Å². The fourth-order valence-corrected chi connectivity index (χ4v) is 3.53. The third-order valence-electron chi connectivity index (χ3n) is 5.28. The van der Waals surface area contributed by atoms with Crippen LogP contribution in [-0.4, -0.2) is 38.3 Å². The molecular formula is C22H20F3N7O. The number of primary amides is 1.